The summed E-state index contributed by atoms with van der Waals surface area (Å²) in [5.41, 5.74) is 0.986. The molecule has 0 unspecified atom stereocenters. The molecule has 6 heteroatoms. The van der Waals surface area contributed by atoms with Gasteiger partial charge in [0.25, 0.3) is 5.91 Å². The topological polar surface area (TPSA) is 81.7 Å². The summed E-state index contributed by atoms with van der Waals surface area (Å²) in [5, 5.41) is 2.67. The number of carbonyl (C=O) groups is 3. The number of hydrogen-bond donors (Lipinski definition) is 1. The molecule has 1 amide bonds. The highest BCUT2D eigenvalue weighted by atomic mass is 16.5. The van der Waals surface area contributed by atoms with Crippen molar-refractivity contribution in [2.45, 2.75) is 13.8 Å². The molecule has 0 aliphatic rings. The highest BCUT2D eigenvalue weighted by Gasteiger charge is 2.14. The highest BCUT2D eigenvalue weighted by Crippen LogP contribution is 2.20. The van der Waals surface area contributed by atoms with Crippen LogP contribution in [0.25, 0.3) is 0 Å². The zero-order valence-electron chi connectivity index (χ0n) is 13.4. The Morgan fingerprint density at radius 2 is 1.79 bits per heavy atom. The second kappa shape index (κ2) is 7.92. The van der Waals surface area contributed by atoms with Crippen LogP contribution >= 0.6 is 0 Å². The Balaban J connectivity index is 2.20. The Bertz CT molecular complexity index is 770. The predicted molar refractivity (Wildman–Crippen MR) is 88.1 cm³/mol. The lowest BCUT2D eigenvalue weighted by atomic mass is 10.1. The molecule has 6 nitrogen and oxygen atoms in total. The Hall–Kier alpha value is -3.15. The van der Waals surface area contributed by atoms with Gasteiger partial charge in [0, 0.05) is 12.6 Å². The van der Waals surface area contributed by atoms with Gasteiger partial charge in [0.1, 0.15) is 5.75 Å². The molecule has 124 valence electrons. The van der Waals surface area contributed by atoms with E-state index in [1.807, 2.05) is 0 Å². The molecule has 24 heavy (non-hydrogen) atoms. The van der Waals surface area contributed by atoms with Gasteiger partial charge in [-0.25, -0.2) is 4.79 Å². The number of rotatable bonds is 5. The number of nitrogens with one attached hydrogen (secondary N) is 1. The number of carbonyl (C=O) groups excluding carboxylic acids is 3. The highest BCUT2D eigenvalue weighted by molar-refractivity contribution is 6.07. The van der Waals surface area contributed by atoms with Crippen molar-refractivity contribution < 1.29 is 23.9 Å². The molecule has 0 radical (unpaired) electrons. The van der Waals surface area contributed by atoms with Crippen LogP contribution in [-0.4, -0.2) is 24.5 Å². The van der Waals surface area contributed by atoms with Crippen LogP contribution in [-0.2, 0) is 9.53 Å². The zero-order valence-corrected chi connectivity index (χ0v) is 13.4. The molecular weight excluding hydrogens is 310 g/mol. The first-order valence-electron chi connectivity index (χ1n) is 7.37. The van der Waals surface area contributed by atoms with Gasteiger partial charge in [-0.05, 0) is 37.3 Å². The minimum Gasteiger partial charge on any atom is -0.462 e. The lowest BCUT2D eigenvalue weighted by Gasteiger charge is -2.10. The van der Waals surface area contributed by atoms with E-state index >= 15 is 0 Å². The third-order valence-electron chi connectivity index (χ3n) is 3.02. The van der Waals surface area contributed by atoms with Crippen molar-refractivity contribution in [3.05, 3.63) is 59.7 Å². The third kappa shape index (κ3) is 4.42. The first kappa shape index (κ1) is 17.2. The van der Waals surface area contributed by atoms with Crippen molar-refractivity contribution in [1.29, 1.82) is 0 Å². The summed E-state index contributed by atoms with van der Waals surface area (Å²) >= 11 is 0. The first-order valence-corrected chi connectivity index (χ1v) is 7.37. The van der Waals surface area contributed by atoms with E-state index in [4.69, 9.17) is 9.47 Å². The average Bonchev–Trinajstić information content (AvgIpc) is 2.55. The number of benzene rings is 2. The molecule has 0 aliphatic heterocycles. The van der Waals surface area contributed by atoms with E-state index in [1.165, 1.54) is 19.1 Å². The Morgan fingerprint density at radius 3 is 2.50 bits per heavy atom. The van der Waals surface area contributed by atoms with Gasteiger partial charge < -0.3 is 14.8 Å². The van der Waals surface area contributed by atoms with Gasteiger partial charge in [-0.2, -0.15) is 0 Å². The molecule has 0 heterocycles. The number of anilines is 1. The molecule has 0 bridgehead atoms. The van der Waals surface area contributed by atoms with Gasteiger partial charge in [-0.3, -0.25) is 9.59 Å². The van der Waals surface area contributed by atoms with E-state index in [0.29, 0.717) is 11.3 Å². The van der Waals surface area contributed by atoms with Gasteiger partial charge in [0.05, 0.1) is 17.7 Å². The second-order valence-corrected chi connectivity index (χ2v) is 4.85. The normalized spacial score (nSPS) is 9.92. The molecule has 1 N–H and O–H groups in total. The number of ether oxygens (including phenoxy) is 2. The number of hydrogen-bond acceptors (Lipinski definition) is 5. The molecule has 0 aromatic heterocycles. The molecule has 0 saturated heterocycles. The van der Waals surface area contributed by atoms with E-state index < -0.39 is 17.8 Å². The van der Waals surface area contributed by atoms with Crippen LogP contribution in [0.5, 0.6) is 5.75 Å². The monoisotopic (exact) mass is 327 g/mol. The Morgan fingerprint density at radius 1 is 1.04 bits per heavy atom. The summed E-state index contributed by atoms with van der Waals surface area (Å²) in [5.74, 6) is -1.26. The van der Waals surface area contributed by atoms with E-state index in [0.717, 1.165) is 0 Å². The van der Waals surface area contributed by atoms with Crippen LogP contribution in [0.3, 0.4) is 0 Å². The molecule has 0 aliphatic carbocycles. The van der Waals surface area contributed by atoms with Crippen molar-refractivity contribution in [3.63, 3.8) is 0 Å². The van der Waals surface area contributed by atoms with Crippen LogP contribution in [0.4, 0.5) is 5.69 Å². The van der Waals surface area contributed by atoms with E-state index in [1.54, 1.807) is 43.3 Å². The van der Waals surface area contributed by atoms with Crippen LogP contribution in [0.15, 0.2) is 48.5 Å². The first-order chi connectivity index (χ1) is 11.5. The van der Waals surface area contributed by atoms with Crippen LogP contribution in [0.1, 0.15) is 34.6 Å². The maximum Gasteiger partial charge on any atom is 0.338 e. The lowest BCUT2D eigenvalue weighted by Crippen LogP contribution is -2.15. The Kier molecular flexibility index (Phi) is 5.68. The fraction of sp³-hybridized carbons (Fsp3) is 0.167. The summed E-state index contributed by atoms with van der Waals surface area (Å²) in [6, 6.07) is 12.8. The summed E-state index contributed by atoms with van der Waals surface area (Å²) < 4.78 is 9.95. The molecule has 0 atom stereocenters. The largest absolute Gasteiger partial charge is 0.462 e. The van der Waals surface area contributed by atoms with Crippen molar-refractivity contribution in [2.75, 3.05) is 11.9 Å². The number of esters is 2. The van der Waals surface area contributed by atoms with Gasteiger partial charge in [0.15, 0.2) is 0 Å². The number of para-hydroxylation sites is 1. The molecule has 0 saturated carbocycles. The fourth-order valence-electron chi connectivity index (χ4n) is 2.03. The van der Waals surface area contributed by atoms with Crippen LogP contribution in [0, 0.1) is 0 Å². The summed E-state index contributed by atoms with van der Waals surface area (Å²) in [6.45, 7) is 3.25. The SMILES string of the molecule is CCOC(=O)c1cccc(NC(=O)c2ccccc2OC(C)=O)c1. The van der Waals surface area contributed by atoms with Gasteiger partial charge >= 0.3 is 11.9 Å². The second-order valence-electron chi connectivity index (χ2n) is 4.85. The van der Waals surface area contributed by atoms with Crippen molar-refractivity contribution >= 4 is 23.5 Å². The van der Waals surface area contributed by atoms with Crippen molar-refractivity contribution in [3.8, 4) is 5.75 Å². The van der Waals surface area contributed by atoms with E-state index in [9.17, 15) is 14.4 Å². The standard InChI is InChI=1S/C18H17NO5/c1-3-23-18(22)13-7-6-8-14(11-13)19-17(21)15-9-4-5-10-16(15)24-12(2)20/h4-11H,3H2,1-2H3,(H,19,21). The third-order valence-corrected chi connectivity index (χ3v) is 3.02. The predicted octanol–water partition coefficient (Wildman–Crippen LogP) is 3.04. The van der Waals surface area contributed by atoms with Gasteiger partial charge in [0.2, 0.25) is 0 Å². The van der Waals surface area contributed by atoms with Crippen molar-refractivity contribution in [2.24, 2.45) is 0 Å². The van der Waals surface area contributed by atoms with Crippen molar-refractivity contribution in [1.82, 2.24) is 0 Å². The van der Waals surface area contributed by atoms with E-state index in [2.05, 4.69) is 5.32 Å². The number of amides is 1. The summed E-state index contributed by atoms with van der Waals surface area (Å²) in [4.78, 5) is 35.3. The molecule has 2 rings (SSSR count). The molecule has 2 aromatic rings. The van der Waals surface area contributed by atoms with Gasteiger partial charge in [-0.1, -0.05) is 18.2 Å². The zero-order chi connectivity index (χ0) is 17.5. The Labute approximate surface area is 139 Å². The minimum absolute atomic E-state index is 0.170. The lowest BCUT2D eigenvalue weighted by molar-refractivity contribution is -0.131. The fourth-order valence-corrected chi connectivity index (χ4v) is 2.03. The summed E-state index contributed by atoms with van der Waals surface area (Å²) in [7, 11) is 0. The smallest absolute Gasteiger partial charge is 0.338 e. The summed E-state index contributed by atoms with van der Waals surface area (Å²) in [6.07, 6.45) is 0. The average molecular weight is 327 g/mol. The quantitative estimate of drug-likeness (QED) is 0.674. The molecule has 2 aromatic carbocycles. The molecule has 0 spiro atoms. The maximum absolute atomic E-state index is 12.4. The van der Waals surface area contributed by atoms with E-state index in [-0.39, 0.29) is 17.9 Å². The van der Waals surface area contributed by atoms with Crippen LogP contribution < -0.4 is 10.1 Å². The maximum atomic E-state index is 12.4. The molecule has 0 fully saturated rings. The molecular formula is C18H17NO5. The minimum atomic E-state index is -0.514. The van der Waals surface area contributed by atoms with Crippen LogP contribution in [0.2, 0.25) is 0 Å². The van der Waals surface area contributed by atoms with Gasteiger partial charge in [-0.15, -0.1) is 0 Å².